The van der Waals surface area contributed by atoms with Crippen molar-refractivity contribution in [3.05, 3.63) is 71.8 Å². The highest BCUT2D eigenvalue weighted by Crippen LogP contribution is 2.22. The Labute approximate surface area is 152 Å². The van der Waals surface area contributed by atoms with Crippen molar-refractivity contribution in [2.45, 2.75) is 4.90 Å². The van der Waals surface area contributed by atoms with Gasteiger partial charge in [-0.1, -0.05) is 35.9 Å². The second-order valence-electron chi connectivity index (χ2n) is 5.12. The number of para-hydroxylation sites is 1. The van der Waals surface area contributed by atoms with Gasteiger partial charge in [-0.25, -0.2) is 13.1 Å². The molecular weight excluding hydrogens is 362 g/mol. The zero-order chi connectivity index (χ0) is 18.4. The Hall–Kier alpha value is -2.35. The molecule has 6 nitrogen and oxygen atoms in total. The quantitative estimate of drug-likeness (QED) is 0.572. The van der Waals surface area contributed by atoms with Crippen LogP contribution in [0, 0.1) is 0 Å². The van der Waals surface area contributed by atoms with Crippen LogP contribution in [0.1, 0.15) is 10.4 Å². The first-order valence-corrected chi connectivity index (χ1v) is 9.21. The van der Waals surface area contributed by atoms with Gasteiger partial charge in [0.15, 0.2) is 0 Å². The molecule has 0 spiro atoms. The second kappa shape index (κ2) is 8.15. The average molecular weight is 380 g/mol. The van der Waals surface area contributed by atoms with Crippen molar-refractivity contribution < 1.29 is 13.2 Å². The van der Waals surface area contributed by atoms with Gasteiger partial charge in [0.1, 0.15) is 4.90 Å². The van der Waals surface area contributed by atoms with E-state index in [1.807, 2.05) is 30.3 Å². The van der Waals surface area contributed by atoms with Crippen molar-refractivity contribution in [3.63, 3.8) is 0 Å². The average Bonchev–Trinajstić information content (AvgIpc) is 2.60. The summed E-state index contributed by atoms with van der Waals surface area (Å²) >= 11 is 5.98. The summed E-state index contributed by atoms with van der Waals surface area (Å²) in [4.78, 5) is 12.2. The van der Waals surface area contributed by atoms with Crippen LogP contribution in [0.25, 0.3) is 0 Å². The molecule has 2 aromatic carbocycles. The van der Waals surface area contributed by atoms with E-state index in [4.69, 9.17) is 11.6 Å². The zero-order valence-corrected chi connectivity index (χ0v) is 15.1. The monoisotopic (exact) mass is 379 g/mol. The number of nitrogens with one attached hydrogen (secondary N) is 2. The van der Waals surface area contributed by atoms with E-state index in [-0.39, 0.29) is 22.0 Å². The van der Waals surface area contributed by atoms with Crippen LogP contribution in [0.2, 0.25) is 5.02 Å². The summed E-state index contributed by atoms with van der Waals surface area (Å²) in [6.45, 7) is 3.52. The minimum Gasteiger partial charge on any atom is -0.288 e. The van der Waals surface area contributed by atoms with E-state index in [2.05, 4.69) is 16.7 Å². The van der Waals surface area contributed by atoms with Crippen LogP contribution < -0.4 is 15.2 Å². The van der Waals surface area contributed by atoms with Gasteiger partial charge < -0.3 is 0 Å². The molecule has 132 valence electrons. The number of nitrogens with zero attached hydrogens (tertiary/aromatic N) is 1. The standard InChI is InChI=1S/C17H18ClN3O3S/c1-3-11-19-25(23,24)16-12-13(9-10-15(16)18)17(22)20-21(2)14-7-5-4-6-8-14/h3-10,12,19H,1,11H2,2H3,(H,20,22). The van der Waals surface area contributed by atoms with Crippen molar-refractivity contribution in [1.82, 2.24) is 10.1 Å². The molecule has 0 saturated carbocycles. The second-order valence-corrected chi connectivity index (χ2v) is 7.26. The maximum atomic E-state index is 12.4. The number of carbonyl (C=O) groups excluding carboxylic acids is 1. The number of amides is 1. The molecule has 8 heteroatoms. The fraction of sp³-hybridized carbons (Fsp3) is 0.118. The molecule has 0 fully saturated rings. The molecule has 2 rings (SSSR count). The van der Waals surface area contributed by atoms with Gasteiger partial charge >= 0.3 is 0 Å². The van der Waals surface area contributed by atoms with Crippen molar-refractivity contribution in [1.29, 1.82) is 0 Å². The number of rotatable bonds is 7. The summed E-state index contributed by atoms with van der Waals surface area (Å²) in [7, 11) is -2.15. The van der Waals surface area contributed by atoms with Gasteiger partial charge in [0, 0.05) is 19.2 Å². The molecule has 0 unspecified atom stereocenters. The van der Waals surface area contributed by atoms with Crippen LogP contribution >= 0.6 is 11.6 Å². The van der Waals surface area contributed by atoms with Gasteiger partial charge in [-0.05, 0) is 30.3 Å². The Morgan fingerprint density at radius 3 is 2.56 bits per heavy atom. The molecule has 0 aliphatic rings. The molecule has 0 radical (unpaired) electrons. The van der Waals surface area contributed by atoms with Crippen LogP contribution in [0.5, 0.6) is 0 Å². The van der Waals surface area contributed by atoms with E-state index in [1.54, 1.807) is 12.1 Å². The van der Waals surface area contributed by atoms with Crippen molar-refractivity contribution in [2.24, 2.45) is 0 Å². The summed E-state index contributed by atoms with van der Waals surface area (Å²) in [6.07, 6.45) is 1.41. The minimum atomic E-state index is -3.84. The van der Waals surface area contributed by atoms with Gasteiger partial charge in [-0.3, -0.25) is 15.2 Å². The third-order valence-corrected chi connectivity index (χ3v) is 5.22. The normalized spacial score (nSPS) is 11.0. The smallest absolute Gasteiger partial charge is 0.269 e. The van der Waals surface area contributed by atoms with E-state index in [1.165, 1.54) is 24.3 Å². The lowest BCUT2D eigenvalue weighted by molar-refractivity contribution is 0.0951. The Morgan fingerprint density at radius 1 is 1.24 bits per heavy atom. The lowest BCUT2D eigenvalue weighted by Crippen LogP contribution is -2.39. The van der Waals surface area contributed by atoms with Gasteiger partial charge in [0.05, 0.1) is 10.7 Å². The molecule has 0 aliphatic carbocycles. The SMILES string of the molecule is C=CCNS(=O)(=O)c1cc(C(=O)NN(C)c2ccccc2)ccc1Cl. The Balaban J connectivity index is 2.24. The van der Waals surface area contributed by atoms with E-state index in [0.717, 1.165) is 5.69 Å². The number of anilines is 1. The lowest BCUT2D eigenvalue weighted by Gasteiger charge is -2.20. The summed E-state index contributed by atoms with van der Waals surface area (Å²) < 4.78 is 26.8. The number of hydrogen-bond acceptors (Lipinski definition) is 4. The van der Waals surface area contributed by atoms with Gasteiger partial charge in [-0.2, -0.15) is 0 Å². The fourth-order valence-corrected chi connectivity index (χ4v) is 3.55. The largest absolute Gasteiger partial charge is 0.288 e. The predicted molar refractivity (Wildman–Crippen MR) is 99.1 cm³/mol. The third kappa shape index (κ3) is 4.82. The van der Waals surface area contributed by atoms with Crippen molar-refractivity contribution >= 4 is 33.2 Å². The van der Waals surface area contributed by atoms with E-state index in [9.17, 15) is 13.2 Å². The Bertz CT molecular complexity index is 870. The van der Waals surface area contributed by atoms with Crippen LogP contribution in [0.3, 0.4) is 0 Å². The molecule has 25 heavy (non-hydrogen) atoms. The topological polar surface area (TPSA) is 78.5 Å². The minimum absolute atomic E-state index is 0.0320. The summed E-state index contributed by atoms with van der Waals surface area (Å²) in [5.41, 5.74) is 3.63. The third-order valence-electron chi connectivity index (χ3n) is 3.31. The maximum absolute atomic E-state index is 12.4. The molecule has 0 saturated heterocycles. The number of hydrazine groups is 1. The van der Waals surface area contributed by atoms with Crippen LogP contribution in [-0.4, -0.2) is 27.9 Å². The van der Waals surface area contributed by atoms with Gasteiger partial charge in [-0.15, -0.1) is 6.58 Å². The first kappa shape index (κ1) is 19.0. The molecule has 2 N–H and O–H groups in total. The summed E-state index contributed by atoms with van der Waals surface area (Å²) in [5.74, 6) is -0.455. The van der Waals surface area contributed by atoms with Crippen molar-refractivity contribution in [2.75, 3.05) is 18.6 Å². The number of hydrogen-bond donors (Lipinski definition) is 2. The highest BCUT2D eigenvalue weighted by atomic mass is 35.5. The number of halogens is 1. The molecule has 0 atom stereocenters. The van der Waals surface area contributed by atoms with Gasteiger partial charge in [0.25, 0.3) is 5.91 Å². The molecule has 0 aliphatic heterocycles. The van der Waals surface area contributed by atoms with Crippen LogP contribution in [-0.2, 0) is 10.0 Å². The molecule has 0 aromatic heterocycles. The van der Waals surface area contributed by atoms with E-state index < -0.39 is 15.9 Å². The summed E-state index contributed by atoms with van der Waals surface area (Å²) in [5, 5.41) is 1.57. The van der Waals surface area contributed by atoms with Crippen molar-refractivity contribution in [3.8, 4) is 0 Å². The summed E-state index contributed by atoms with van der Waals surface area (Å²) in [6, 6.07) is 13.3. The fourth-order valence-electron chi connectivity index (χ4n) is 2.03. The Kier molecular flexibility index (Phi) is 6.19. The van der Waals surface area contributed by atoms with Gasteiger partial charge in [0.2, 0.25) is 10.0 Å². The van der Waals surface area contributed by atoms with Crippen LogP contribution in [0.15, 0.2) is 66.1 Å². The Morgan fingerprint density at radius 2 is 1.92 bits per heavy atom. The predicted octanol–water partition coefficient (Wildman–Crippen LogP) is 2.59. The molecule has 1 amide bonds. The molecule has 0 heterocycles. The van der Waals surface area contributed by atoms with E-state index >= 15 is 0 Å². The van der Waals surface area contributed by atoms with E-state index in [0.29, 0.717) is 0 Å². The number of sulfonamides is 1. The molecule has 2 aromatic rings. The highest BCUT2D eigenvalue weighted by molar-refractivity contribution is 7.89. The first-order chi connectivity index (χ1) is 11.8. The van der Waals surface area contributed by atoms with Crippen LogP contribution in [0.4, 0.5) is 5.69 Å². The molecular formula is C17H18ClN3O3S. The maximum Gasteiger partial charge on any atom is 0.269 e. The lowest BCUT2D eigenvalue weighted by atomic mass is 10.2. The highest BCUT2D eigenvalue weighted by Gasteiger charge is 2.20. The molecule has 0 bridgehead atoms. The number of carbonyl (C=O) groups is 1. The first-order valence-electron chi connectivity index (χ1n) is 7.35. The zero-order valence-electron chi connectivity index (χ0n) is 13.6. The number of benzene rings is 2.